The van der Waals surface area contributed by atoms with Crippen molar-refractivity contribution in [3.63, 3.8) is 0 Å². The summed E-state index contributed by atoms with van der Waals surface area (Å²) in [6.07, 6.45) is -5.64. The smallest absolute Gasteiger partial charge is 0.481 e. The van der Waals surface area contributed by atoms with Crippen molar-refractivity contribution in [1.29, 1.82) is 0 Å². The molecule has 0 amide bonds. The van der Waals surface area contributed by atoms with Crippen LogP contribution in [0.5, 0.6) is 5.75 Å². The number of hydrogen-bond donors (Lipinski definition) is 3. The Morgan fingerprint density at radius 2 is 2.11 bits per heavy atom. The Bertz CT molecular complexity index is 462. The number of nitrogens with zero attached hydrogens (tertiary/aromatic N) is 1. The lowest BCUT2D eigenvalue weighted by atomic mass is 10.1. The largest absolute Gasteiger partial charge is 0.573 e. The third kappa shape index (κ3) is 3.77. The fraction of sp³-hybridized carbons (Fsp3) is 0.333. The van der Waals surface area contributed by atoms with Crippen molar-refractivity contribution in [3.05, 3.63) is 17.3 Å². The molecule has 1 aromatic rings. The maximum atomic E-state index is 12.2. The molecule has 0 aromatic carbocycles. The van der Waals surface area contributed by atoms with E-state index in [1.165, 1.54) is 0 Å². The molecule has 18 heavy (non-hydrogen) atoms. The summed E-state index contributed by atoms with van der Waals surface area (Å²) in [6, 6.07) is 1.01. The molecule has 1 heterocycles. The van der Waals surface area contributed by atoms with Gasteiger partial charge in [-0.1, -0.05) is 0 Å². The Morgan fingerprint density at radius 1 is 1.50 bits per heavy atom. The number of pyridine rings is 1. The summed E-state index contributed by atoms with van der Waals surface area (Å²) in [6.45, 7) is -0.358. The molecule has 0 aliphatic rings. The molecule has 0 saturated carbocycles. The molecule has 1 rings (SSSR count). The first-order valence-corrected chi connectivity index (χ1v) is 4.69. The number of nitrogen functional groups attached to an aromatic ring is 1. The number of hydrogen-bond acceptors (Lipinski definition) is 5. The average molecular weight is 265 g/mol. The average Bonchev–Trinajstić information content (AvgIpc) is 2.19. The van der Waals surface area contributed by atoms with E-state index in [2.05, 4.69) is 9.72 Å². The molecule has 0 aliphatic heterocycles. The van der Waals surface area contributed by atoms with Gasteiger partial charge in [0.2, 0.25) is 0 Å². The number of alkyl halides is 3. The summed E-state index contributed by atoms with van der Waals surface area (Å²) in [5, 5.41) is 8.61. The van der Waals surface area contributed by atoms with Gasteiger partial charge in [-0.3, -0.25) is 4.79 Å². The number of anilines is 1. The van der Waals surface area contributed by atoms with Crippen LogP contribution in [0.1, 0.15) is 11.3 Å². The standard InChI is InChI=1S/C9H10F3N3O3/c10-9(11,12)18-8-4(2-7(16)17)1-6(14)15-5(8)3-13/h1H,2-3,13H2,(H2,14,15)(H,16,17). The highest BCUT2D eigenvalue weighted by molar-refractivity contribution is 5.72. The zero-order valence-electron chi connectivity index (χ0n) is 8.99. The van der Waals surface area contributed by atoms with Crippen LogP contribution < -0.4 is 16.2 Å². The number of rotatable bonds is 4. The summed E-state index contributed by atoms with van der Waals surface area (Å²) < 4.78 is 40.4. The van der Waals surface area contributed by atoms with E-state index < -0.39 is 24.5 Å². The van der Waals surface area contributed by atoms with Crippen LogP contribution in [-0.4, -0.2) is 22.4 Å². The molecule has 0 bridgehead atoms. The summed E-state index contributed by atoms with van der Waals surface area (Å²) in [7, 11) is 0. The third-order valence-electron chi connectivity index (χ3n) is 1.89. The van der Waals surface area contributed by atoms with Gasteiger partial charge in [0.05, 0.1) is 12.1 Å². The Morgan fingerprint density at radius 3 is 2.56 bits per heavy atom. The van der Waals surface area contributed by atoms with Gasteiger partial charge >= 0.3 is 12.3 Å². The molecule has 5 N–H and O–H groups in total. The second kappa shape index (κ2) is 5.08. The third-order valence-corrected chi connectivity index (χ3v) is 1.89. The van der Waals surface area contributed by atoms with E-state index in [9.17, 15) is 18.0 Å². The van der Waals surface area contributed by atoms with E-state index in [4.69, 9.17) is 16.6 Å². The maximum Gasteiger partial charge on any atom is 0.573 e. The second-order valence-corrected chi connectivity index (χ2v) is 3.30. The van der Waals surface area contributed by atoms with Gasteiger partial charge in [0.15, 0.2) is 5.75 Å². The minimum absolute atomic E-state index is 0.124. The molecule has 0 spiro atoms. The molecule has 0 fully saturated rings. The van der Waals surface area contributed by atoms with Gasteiger partial charge in [0, 0.05) is 12.1 Å². The first-order valence-electron chi connectivity index (χ1n) is 4.69. The first kappa shape index (κ1) is 14.0. The fourth-order valence-electron chi connectivity index (χ4n) is 1.34. The van der Waals surface area contributed by atoms with Gasteiger partial charge in [-0.05, 0) is 6.07 Å². The minimum Gasteiger partial charge on any atom is -0.481 e. The van der Waals surface area contributed by atoms with Crippen LogP contribution in [-0.2, 0) is 17.8 Å². The van der Waals surface area contributed by atoms with Crippen LogP contribution in [0.3, 0.4) is 0 Å². The molecular formula is C9H10F3N3O3. The highest BCUT2D eigenvalue weighted by atomic mass is 19.4. The van der Waals surface area contributed by atoms with Crippen LogP contribution in [0, 0.1) is 0 Å². The van der Waals surface area contributed by atoms with Crippen molar-refractivity contribution in [3.8, 4) is 5.75 Å². The van der Waals surface area contributed by atoms with Crippen molar-refractivity contribution in [2.24, 2.45) is 5.73 Å². The van der Waals surface area contributed by atoms with Crippen molar-refractivity contribution in [2.75, 3.05) is 5.73 Å². The van der Waals surface area contributed by atoms with Crippen LogP contribution in [0.2, 0.25) is 0 Å². The Balaban J connectivity index is 3.28. The number of nitrogens with two attached hydrogens (primary N) is 2. The SMILES string of the molecule is NCc1nc(N)cc(CC(=O)O)c1OC(F)(F)F. The highest BCUT2D eigenvalue weighted by Gasteiger charge is 2.34. The van der Waals surface area contributed by atoms with Crippen molar-refractivity contribution >= 4 is 11.8 Å². The second-order valence-electron chi connectivity index (χ2n) is 3.30. The van der Waals surface area contributed by atoms with Crippen LogP contribution in [0.4, 0.5) is 19.0 Å². The number of ether oxygens (including phenoxy) is 1. The van der Waals surface area contributed by atoms with E-state index in [1.807, 2.05) is 0 Å². The summed E-state index contributed by atoms with van der Waals surface area (Å²) in [4.78, 5) is 14.1. The Hall–Kier alpha value is -2.03. The van der Waals surface area contributed by atoms with Crippen LogP contribution in [0.25, 0.3) is 0 Å². The van der Waals surface area contributed by atoms with E-state index >= 15 is 0 Å². The molecule has 1 aromatic heterocycles. The molecule has 0 saturated heterocycles. The van der Waals surface area contributed by atoms with E-state index in [0.717, 1.165) is 6.07 Å². The van der Waals surface area contributed by atoms with Gasteiger partial charge in [0.1, 0.15) is 5.82 Å². The van der Waals surface area contributed by atoms with Gasteiger partial charge in [-0.15, -0.1) is 13.2 Å². The molecule has 0 unspecified atom stereocenters. The van der Waals surface area contributed by atoms with Crippen molar-refractivity contribution in [1.82, 2.24) is 4.98 Å². The highest BCUT2D eigenvalue weighted by Crippen LogP contribution is 2.30. The monoisotopic (exact) mass is 265 g/mol. The van der Waals surface area contributed by atoms with E-state index in [-0.39, 0.29) is 23.6 Å². The Kier molecular flexibility index (Phi) is 3.96. The fourth-order valence-corrected chi connectivity index (χ4v) is 1.34. The van der Waals surface area contributed by atoms with Gasteiger partial charge in [-0.2, -0.15) is 0 Å². The topological polar surface area (TPSA) is 111 Å². The predicted molar refractivity (Wildman–Crippen MR) is 54.6 cm³/mol. The quantitative estimate of drug-likeness (QED) is 0.736. The van der Waals surface area contributed by atoms with Gasteiger partial charge in [0.25, 0.3) is 0 Å². The number of halogens is 3. The van der Waals surface area contributed by atoms with Crippen LogP contribution >= 0.6 is 0 Å². The number of aliphatic carboxylic acids is 1. The number of carbonyl (C=O) groups is 1. The lowest BCUT2D eigenvalue weighted by molar-refractivity contribution is -0.275. The van der Waals surface area contributed by atoms with E-state index in [0.29, 0.717) is 0 Å². The maximum absolute atomic E-state index is 12.2. The summed E-state index contributed by atoms with van der Waals surface area (Å²) >= 11 is 0. The lowest BCUT2D eigenvalue weighted by Crippen LogP contribution is -2.21. The minimum atomic E-state index is -4.96. The molecular weight excluding hydrogens is 255 g/mol. The van der Waals surface area contributed by atoms with Crippen LogP contribution in [0.15, 0.2) is 6.07 Å². The molecule has 100 valence electrons. The van der Waals surface area contributed by atoms with E-state index in [1.54, 1.807) is 0 Å². The number of aromatic nitrogens is 1. The lowest BCUT2D eigenvalue weighted by Gasteiger charge is -2.15. The number of carboxylic acid groups (broad SMARTS) is 1. The van der Waals surface area contributed by atoms with Crippen molar-refractivity contribution < 1.29 is 27.8 Å². The molecule has 0 radical (unpaired) electrons. The Labute approximate surface area is 99.4 Å². The van der Waals surface area contributed by atoms with Gasteiger partial charge < -0.3 is 21.3 Å². The summed E-state index contributed by atoms with van der Waals surface area (Å²) in [5.41, 5.74) is 10.1. The molecule has 0 atom stereocenters. The first-order chi connectivity index (χ1) is 8.23. The molecule has 0 aliphatic carbocycles. The predicted octanol–water partition coefficient (Wildman–Crippen LogP) is 0.648. The normalized spacial score (nSPS) is 11.3. The molecule has 9 heteroatoms. The zero-order valence-corrected chi connectivity index (χ0v) is 8.99. The number of carboxylic acids is 1. The summed E-state index contributed by atoms with van der Waals surface area (Å²) in [5.74, 6) is -2.15. The van der Waals surface area contributed by atoms with Gasteiger partial charge in [-0.25, -0.2) is 4.98 Å². The molecule has 6 nitrogen and oxygen atoms in total. The van der Waals surface area contributed by atoms with Crippen molar-refractivity contribution in [2.45, 2.75) is 19.3 Å². The zero-order chi connectivity index (χ0) is 13.9.